The van der Waals surface area contributed by atoms with Crippen LogP contribution in [0.3, 0.4) is 0 Å². The van der Waals surface area contributed by atoms with Crippen LogP contribution < -0.4 is 11.1 Å². The van der Waals surface area contributed by atoms with Crippen molar-refractivity contribution in [3.05, 3.63) is 30.0 Å². The first-order valence-electron chi connectivity index (χ1n) is 7.54. The van der Waals surface area contributed by atoms with Crippen LogP contribution in [0.15, 0.2) is 24.4 Å². The predicted octanol–water partition coefficient (Wildman–Crippen LogP) is 1.82. The van der Waals surface area contributed by atoms with E-state index < -0.39 is 0 Å². The molecular formula is C16H22N4O. The van der Waals surface area contributed by atoms with E-state index in [2.05, 4.69) is 22.1 Å². The molecular weight excluding hydrogens is 264 g/mol. The van der Waals surface area contributed by atoms with Crippen LogP contribution in [0.4, 0.5) is 5.69 Å². The number of rotatable bonds is 4. The van der Waals surface area contributed by atoms with E-state index in [0.29, 0.717) is 17.2 Å². The predicted molar refractivity (Wildman–Crippen MR) is 85.3 cm³/mol. The molecule has 0 saturated carbocycles. The summed E-state index contributed by atoms with van der Waals surface area (Å²) in [6.45, 7) is 6.23. The van der Waals surface area contributed by atoms with E-state index >= 15 is 0 Å². The number of nitrogens with zero attached hydrogens (tertiary/aromatic N) is 1. The van der Waals surface area contributed by atoms with Crippen molar-refractivity contribution >= 4 is 22.5 Å². The molecule has 4 N–H and O–H groups in total. The first kappa shape index (κ1) is 13.9. The summed E-state index contributed by atoms with van der Waals surface area (Å²) in [5.41, 5.74) is 8.08. The minimum Gasteiger partial charge on any atom is -0.399 e. The third kappa shape index (κ3) is 2.88. The van der Waals surface area contributed by atoms with Crippen LogP contribution in [0.5, 0.6) is 0 Å². The van der Waals surface area contributed by atoms with Crippen LogP contribution in [-0.2, 0) is 0 Å². The molecule has 1 fully saturated rings. The number of nitrogen functional groups attached to an aromatic ring is 1. The van der Waals surface area contributed by atoms with Crippen molar-refractivity contribution in [2.24, 2.45) is 5.92 Å². The lowest BCUT2D eigenvalue weighted by Crippen LogP contribution is -2.30. The van der Waals surface area contributed by atoms with Gasteiger partial charge in [-0.25, -0.2) is 0 Å². The van der Waals surface area contributed by atoms with Gasteiger partial charge in [-0.3, -0.25) is 4.79 Å². The Hall–Kier alpha value is -2.01. The highest BCUT2D eigenvalue weighted by molar-refractivity contribution is 6.07. The van der Waals surface area contributed by atoms with Crippen molar-refractivity contribution in [2.75, 3.05) is 31.9 Å². The molecule has 1 aromatic carbocycles. The normalized spacial score (nSPS) is 19.2. The second-order valence-corrected chi connectivity index (χ2v) is 5.77. The molecule has 1 saturated heterocycles. The number of H-pyrrole nitrogens is 1. The largest absolute Gasteiger partial charge is 0.399 e. The van der Waals surface area contributed by atoms with E-state index in [1.807, 2.05) is 18.2 Å². The van der Waals surface area contributed by atoms with E-state index in [4.69, 9.17) is 5.73 Å². The number of aromatic amines is 1. The molecule has 1 aromatic heterocycles. The number of carbonyl (C=O) groups is 1. The maximum atomic E-state index is 12.4. The second kappa shape index (κ2) is 5.77. The number of nitrogens with two attached hydrogens (primary N) is 1. The van der Waals surface area contributed by atoms with Gasteiger partial charge in [0.25, 0.3) is 5.91 Å². The highest BCUT2D eigenvalue weighted by Crippen LogP contribution is 2.21. The molecule has 5 nitrogen and oxygen atoms in total. The highest BCUT2D eigenvalue weighted by Gasteiger charge is 2.22. The zero-order chi connectivity index (χ0) is 14.8. The van der Waals surface area contributed by atoms with Crippen molar-refractivity contribution in [3.8, 4) is 0 Å². The lowest BCUT2D eigenvalue weighted by molar-refractivity contribution is 0.0949. The van der Waals surface area contributed by atoms with Gasteiger partial charge in [-0.05, 0) is 43.6 Å². The van der Waals surface area contributed by atoms with E-state index in [-0.39, 0.29) is 5.91 Å². The average molecular weight is 286 g/mol. The molecule has 5 heteroatoms. The van der Waals surface area contributed by atoms with Gasteiger partial charge in [0.1, 0.15) is 0 Å². The number of hydrogen-bond donors (Lipinski definition) is 3. The molecule has 0 radical (unpaired) electrons. The van der Waals surface area contributed by atoms with Gasteiger partial charge in [0.15, 0.2) is 0 Å². The van der Waals surface area contributed by atoms with Gasteiger partial charge in [0, 0.05) is 35.9 Å². The van der Waals surface area contributed by atoms with Crippen molar-refractivity contribution in [2.45, 2.75) is 13.3 Å². The first-order valence-corrected chi connectivity index (χ1v) is 7.54. The van der Waals surface area contributed by atoms with Crippen LogP contribution in [-0.4, -0.2) is 42.0 Å². The highest BCUT2D eigenvalue weighted by atomic mass is 16.1. The smallest absolute Gasteiger partial charge is 0.253 e. The average Bonchev–Trinajstić information content (AvgIpc) is 3.10. The van der Waals surface area contributed by atoms with E-state index in [9.17, 15) is 4.79 Å². The van der Waals surface area contributed by atoms with Gasteiger partial charge in [0.2, 0.25) is 0 Å². The number of hydrogen-bond acceptors (Lipinski definition) is 3. The third-order valence-corrected chi connectivity index (χ3v) is 4.32. The summed E-state index contributed by atoms with van der Waals surface area (Å²) < 4.78 is 0. The fourth-order valence-electron chi connectivity index (χ4n) is 3.03. The van der Waals surface area contributed by atoms with Crippen LogP contribution in [0.25, 0.3) is 10.9 Å². The number of benzene rings is 1. The lowest BCUT2D eigenvalue weighted by atomic mass is 10.1. The monoisotopic (exact) mass is 286 g/mol. The van der Waals surface area contributed by atoms with Gasteiger partial charge in [-0.15, -0.1) is 0 Å². The Labute approximate surface area is 124 Å². The summed E-state index contributed by atoms with van der Waals surface area (Å²) in [5.74, 6) is 0.533. The second-order valence-electron chi connectivity index (χ2n) is 5.77. The Morgan fingerprint density at radius 1 is 1.52 bits per heavy atom. The Balaban J connectivity index is 1.66. The molecule has 1 atom stereocenters. The maximum Gasteiger partial charge on any atom is 0.253 e. The fourth-order valence-corrected chi connectivity index (χ4v) is 3.03. The summed E-state index contributed by atoms with van der Waals surface area (Å²) in [4.78, 5) is 17.9. The van der Waals surface area contributed by atoms with Crippen LogP contribution >= 0.6 is 0 Å². The quantitative estimate of drug-likeness (QED) is 0.751. The molecule has 3 rings (SSSR count). The van der Waals surface area contributed by atoms with Gasteiger partial charge in [-0.2, -0.15) is 0 Å². The number of fused-ring (bicyclic) bond motifs is 1. The first-order chi connectivity index (χ1) is 10.2. The number of amides is 1. The maximum absolute atomic E-state index is 12.4. The molecule has 0 aliphatic carbocycles. The number of nitrogens with one attached hydrogen (secondary N) is 2. The van der Waals surface area contributed by atoms with Crippen LogP contribution in [0.1, 0.15) is 23.7 Å². The summed E-state index contributed by atoms with van der Waals surface area (Å²) in [7, 11) is 0. The molecule has 1 amide bonds. The van der Waals surface area contributed by atoms with Gasteiger partial charge in [0.05, 0.1) is 5.56 Å². The standard InChI is InChI=1S/C16H22N4O/c1-2-20-6-5-11(10-20)8-19-16(21)14-9-18-15-4-3-12(17)7-13(14)15/h3-4,7,9,11,18H,2,5-6,8,10,17H2,1H3,(H,19,21). The fraction of sp³-hybridized carbons (Fsp3) is 0.438. The molecule has 1 aliphatic heterocycles. The minimum atomic E-state index is -0.0261. The number of carbonyl (C=O) groups excluding carboxylic acids is 1. The van der Waals surface area contributed by atoms with Gasteiger partial charge in [-0.1, -0.05) is 6.92 Å². The van der Waals surface area contributed by atoms with E-state index in [1.54, 1.807) is 6.20 Å². The van der Waals surface area contributed by atoms with Crippen molar-refractivity contribution in [1.82, 2.24) is 15.2 Å². The molecule has 0 bridgehead atoms. The Bertz CT molecular complexity index is 649. The number of aromatic nitrogens is 1. The number of anilines is 1. The van der Waals surface area contributed by atoms with Crippen molar-refractivity contribution < 1.29 is 4.79 Å². The molecule has 2 heterocycles. The summed E-state index contributed by atoms with van der Waals surface area (Å²) in [5, 5.41) is 3.94. The Morgan fingerprint density at radius 2 is 2.38 bits per heavy atom. The van der Waals surface area contributed by atoms with Crippen LogP contribution in [0.2, 0.25) is 0 Å². The Kier molecular flexibility index (Phi) is 3.84. The summed E-state index contributed by atoms with van der Waals surface area (Å²) in [6.07, 6.45) is 2.92. The minimum absolute atomic E-state index is 0.0261. The van der Waals surface area contributed by atoms with Crippen molar-refractivity contribution in [1.29, 1.82) is 0 Å². The van der Waals surface area contributed by atoms with Gasteiger partial charge < -0.3 is 20.9 Å². The zero-order valence-electron chi connectivity index (χ0n) is 12.4. The topological polar surface area (TPSA) is 74.2 Å². The zero-order valence-corrected chi connectivity index (χ0v) is 12.4. The van der Waals surface area contributed by atoms with E-state index in [0.717, 1.165) is 43.5 Å². The molecule has 112 valence electrons. The summed E-state index contributed by atoms with van der Waals surface area (Å²) in [6, 6.07) is 5.57. The molecule has 2 aromatic rings. The number of likely N-dealkylation sites (tertiary alicyclic amines) is 1. The van der Waals surface area contributed by atoms with E-state index in [1.165, 1.54) is 0 Å². The molecule has 1 aliphatic rings. The van der Waals surface area contributed by atoms with Gasteiger partial charge >= 0.3 is 0 Å². The lowest BCUT2D eigenvalue weighted by Gasteiger charge is -2.13. The third-order valence-electron chi connectivity index (χ3n) is 4.32. The summed E-state index contributed by atoms with van der Waals surface area (Å²) >= 11 is 0. The molecule has 1 unspecified atom stereocenters. The van der Waals surface area contributed by atoms with Crippen LogP contribution in [0, 0.1) is 5.92 Å². The molecule has 0 spiro atoms. The SMILES string of the molecule is CCN1CCC(CNC(=O)c2c[nH]c3ccc(N)cc23)C1. The molecule has 21 heavy (non-hydrogen) atoms. The van der Waals surface area contributed by atoms with Crippen molar-refractivity contribution in [3.63, 3.8) is 0 Å². The Morgan fingerprint density at radius 3 is 3.14 bits per heavy atom.